The minimum absolute atomic E-state index is 0.153. The predicted molar refractivity (Wildman–Crippen MR) is 113 cm³/mol. The first-order valence-electron chi connectivity index (χ1n) is 8.75. The third-order valence-electron chi connectivity index (χ3n) is 3.97. The van der Waals surface area contributed by atoms with Gasteiger partial charge in [0.15, 0.2) is 21.4 Å². The Morgan fingerprint density at radius 3 is 2.10 bits per heavy atom. The lowest BCUT2D eigenvalue weighted by Crippen LogP contribution is -2.11. The van der Waals surface area contributed by atoms with Crippen molar-refractivity contribution in [3.63, 3.8) is 0 Å². The number of carbonyl (C=O) groups is 1. The first-order valence-corrected chi connectivity index (χ1v) is 10.5. The van der Waals surface area contributed by atoms with E-state index >= 15 is 0 Å². The lowest BCUT2D eigenvalue weighted by Gasteiger charge is -2.12. The molecule has 0 aliphatic heterocycles. The van der Waals surface area contributed by atoms with Gasteiger partial charge in [-0.05, 0) is 18.2 Å². The van der Waals surface area contributed by atoms with E-state index in [1.54, 1.807) is 18.2 Å². The zero-order chi connectivity index (χ0) is 22.3. The molecule has 0 atom stereocenters. The molecule has 9 nitrogen and oxygen atoms in total. The summed E-state index contributed by atoms with van der Waals surface area (Å²) in [4.78, 5) is 15.5. The maximum Gasteiger partial charge on any atom is 0.222 e. The number of sulfone groups is 1. The van der Waals surface area contributed by atoms with Crippen molar-refractivity contribution in [3.05, 3.63) is 40.9 Å². The number of pyridine rings is 1. The first-order chi connectivity index (χ1) is 14.2. The summed E-state index contributed by atoms with van der Waals surface area (Å²) in [7, 11) is 2.16. The molecule has 0 saturated heterocycles. The highest BCUT2D eigenvalue weighted by molar-refractivity contribution is 7.93. The number of carbonyl (C=O) groups excluding carboxylic acids is 1. The molecule has 0 spiro atoms. The Labute approximate surface area is 175 Å². The summed E-state index contributed by atoms with van der Waals surface area (Å²) < 4.78 is 46.2. The molecule has 0 aliphatic rings. The number of hydrogen-bond donors (Lipinski definition) is 1. The Hall–Kier alpha value is -3.27. The van der Waals surface area contributed by atoms with Crippen LogP contribution in [0.4, 0.5) is 5.82 Å². The monoisotopic (exact) mass is 436 g/mol. The lowest BCUT2D eigenvalue weighted by molar-refractivity contribution is -0.114. The SMILES string of the molecule is COc1cc(OC)c(/C=C/S(=O)(=O)Cc2ccc(OC)c(NC(C)=O)n2)c(OC)c1. The molecule has 0 radical (unpaired) electrons. The average molecular weight is 436 g/mol. The number of ether oxygens (including phenoxy) is 4. The molecule has 0 unspecified atom stereocenters. The number of anilines is 1. The van der Waals surface area contributed by atoms with Gasteiger partial charge >= 0.3 is 0 Å². The fourth-order valence-electron chi connectivity index (χ4n) is 2.61. The Morgan fingerprint density at radius 2 is 1.60 bits per heavy atom. The minimum atomic E-state index is -3.70. The Balaban J connectivity index is 2.34. The Morgan fingerprint density at radius 1 is 1.00 bits per heavy atom. The van der Waals surface area contributed by atoms with Gasteiger partial charge in [0.05, 0.1) is 45.4 Å². The molecular formula is C20H24N2O7S. The van der Waals surface area contributed by atoms with Crippen LogP contribution in [0.25, 0.3) is 6.08 Å². The van der Waals surface area contributed by atoms with E-state index in [-0.39, 0.29) is 23.2 Å². The van der Waals surface area contributed by atoms with Crippen LogP contribution in [0.15, 0.2) is 29.7 Å². The maximum absolute atomic E-state index is 12.6. The van der Waals surface area contributed by atoms with Crippen LogP contribution in [-0.2, 0) is 20.4 Å². The molecule has 162 valence electrons. The summed E-state index contributed by atoms with van der Waals surface area (Å²) in [5.41, 5.74) is 0.698. The Bertz CT molecular complexity index is 1020. The van der Waals surface area contributed by atoms with Crippen molar-refractivity contribution in [1.82, 2.24) is 4.98 Å². The van der Waals surface area contributed by atoms with E-state index < -0.39 is 9.84 Å². The third-order valence-corrected chi connectivity index (χ3v) is 5.22. The van der Waals surface area contributed by atoms with E-state index in [4.69, 9.17) is 18.9 Å². The zero-order valence-corrected chi connectivity index (χ0v) is 18.2. The molecule has 1 aromatic carbocycles. The lowest BCUT2D eigenvalue weighted by atomic mass is 10.1. The van der Waals surface area contributed by atoms with Gasteiger partial charge in [0, 0.05) is 24.5 Å². The van der Waals surface area contributed by atoms with Crippen LogP contribution in [0.2, 0.25) is 0 Å². The van der Waals surface area contributed by atoms with E-state index in [2.05, 4.69) is 10.3 Å². The zero-order valence-electron chi connectivity index (χ0n) is 17.4. The van der Waals surface area contributed by atoms with Gasteiger partial charge in [-0.25, -0.2) is 13.4 Å². The van der Waals surface area contributed by atoms with Gasteiger partial charge in [-0.2, -0.15) is 0 Å². The standard InChI is InChI=1S/C20H24N2O7S/c1-13(23)21-20-17(27-3)7-6-14(22-20)12-30(24,25)9-8-16-18(28-4)10-15(26-2)11-19(16)29-5/h6-11H,12H2,1-5H3,(H,21,22,23)/b9-8+. The van der Waals surface area contributed by atoms with Crippen LogP contribution in [0.3, 0.4) is 0 Å². The first kappa shape index (κ1) is 23.0. The van der Waals surface area contributed by atoms with E-state index in [1.807, 2.05) is 0 Å². The largest absolute Gasteiger partial charge is 0.496 e. The highest BCUT2D eigenvalue weighted by Crippen LogP contribution is 2.35. The summed E-state index contributed by atoms with van der Waals surface area (Å²) in [5.74, 6) is 1.06. The number of amides is 1. The molecule has 1 aromatic heterocycles. The number of nitrogens with one attached hydrogen (secondary N) is 1. The van der Waals surface area contributed by atoms with Crippen LogP contribution >= 0.6 is 0 Å². The fourth-order valence-corrected chi connectivity index (χ4v) is 3.62. The van der Waals surface area contributed by atoms with E-state index in [1.165, 1.54) is 47.5 Å². The fraction of sp³-hybridized carbons (Fsp3) is 0.300. The van der Waals surface area contributed by atoms with Crippen molar-refractivity contribution in [2.45, 2.75) is 12.7 Å². The van der Waals surface area contributed by atoms with Crippen LogP contribution in [0, 0.1) is 0 Å². The third kappa shape index (κ3) is 5.86. The van der Waals surface area contributed by atoms with E-state index in [9.17, 15) is 13.2 Å². The number of methoxy groups -OCH3 is 4. The smallest absolute Gasteiger partial charge is 0.222 e. The summed E-state index contributed by atoms with van der Waals surface area (Å²) in [6.45, 7) is 1.32. The molecular weight excluding hydrogens is 412 g/mol. The van der Waals surface area contributed by atoms with Crippen molar-refractivity contribution in [2.24, 2.45) is 0 Å². The van der Waals surface area contributed by atoms with Gasteiger partial charge in [0.1, 0.15) is 17.2 Å². The molecule has 0 bridgehead atoms. The quantitative estimate of drug-likeness (QED) is 0.638. The minimum Gasteiger partial charge on any atom is -0.496 e. The molecule has 30 heavy (non-hydrogen) atoms. The van der Waals surface area contributed by atoms with Crippen LogP contribution in [0.5, 0.6) is 23.0 Å². The van der Waals surface area contributed by atoms with Crippen molar-refractivity contribution < 1.29 is 32.2 Å². The number of rotatable bonds is 9. The van der Waals surface area contributed by atoms with Gasteiger partial charge in [-0.15, -0.1) is 0 Å². The van der Waals surface area contributed by atoms with Crippen LogP contribution in [0.1, 0.15) is 18.2 Å². The van der Waals surface area contributed by atoms with Gasteiger partial charge in [-0.3, -0.25) is 4.79 Å². The van der Waals surface area contributed by atoms with Crippen molar-refractivity contribution in [1.29, 1.82) is 0 Å². The number of nitrogens with zero attached hydrogens (tertiary/aromatic N) is 1. The second kappa shape index (κ2) is 9.97. The van der Waals surface area contributed by atoms with Crippen LogP contribution < -0.4 is 24.3 Å². The normalized spacial score (nSPS) is 11.2. The van der Waals surface area contributed by atoms with Crippen LogP contribution in [-0.4, -0.2) is 47.7 Å². The summed E-state index contributed by atoms with van der Waals surface area (Å²) in [6, 6.07) is 6.31. The molecule has 10 heteroatoms. The highest BCUT2D eigenvalue weighted by atomic mass is 32.2. The summed E-state index contributed by atoms with van der Waals surface area (Å²) >= 11 is 0. The molecule has 1 amide bonds. The second-order valence-corrected chi connectivity index (χ2v) is 7.98. The number of aromatic nitrogens is 1. The van der Waals surface area contributed by atoms with E-state index in [0.29, 0.717) is 28.6 Å². The van der Waals surface area contributed by atoms with Crippen molar-refractivity contribution >= 4 is 27.6 Å². The molecule has 0 saturated carbocycles. The van der Waals surface area contributed by atoms with Gasteiger partial charge in [0.25, 0.3) is 0 Å². The van der Waals surface area contributed by atoms with E-state index in [0.717, 1.165) is 5.41 Å². The van der Waals surface area contributed by atoms with Gasteiger partial charge < -0.3 is 24.3 Å². The van der Waals surface area contributed by atoms with Crippen molar-refractivity contribution in [2.75, 3.05) is 33.8 Å². The van der Waals surface area contributed by atoms with Gasteiger partial charge in [-0.1, -0.05) is 0 Å². The second-order valence-electron chi connectivity index (χ2n) is 6.09. The Kier molecular flexibility index (Phi) is 7.65. The van der Waals surface area contributed by atoms with Gasteiger partial charge in [0.2, 0.25) is 5.91 Å². The molecule has 1 heterocycles. The number of hydrogen-bond acceptors (Lipinski definition) is 8. The molecule has 2 rings (SSSR count). The average Bonchev–Trinajstić information content (AvgIpc) is 2.71. The molecule has 0 fully saturated rings. The molecule has 1 N–H and O–H groups in total. The van der Waals surface area contributed by atoms with Crippen molar-refractivity contribution in [3.8, 4) is 23.0 Å². The number of benzene rings is 1. The predicted octanol–water partition coefficient (Wildman–Crippen LogP) is 2.66. The molecule has 0 aliphatic carbocycles. The topological polar surface area (TPSA) is 113 Å². The maximum atomic E-state index is 12.6. The molecule has 2 aromatic rings. The highest BCUT2D eigenvalue weighted by Gasteiger charge is 2.16. The summed E-state index contributed by atoms with van der Waals surface area (Å²) in [5, 5.41) is 3.58. The summed E-state index contributed by atoms with van der Waals surface area (Å²) in [6.07, 6.45) is 1.39.